The Morgan fingerprint density at radius 1 is 0.618 bits per heavy atom. The van der Waals surface area contributed by atoms with Gasteiger partial charge in [0, 0.05) is 11.4 Å². The third-order valence-corrected chi connectivity index (χ3v) is 6.36. The third kappa shape index (κ3) is 7.25. The van der Waals surface area contributed by atoms with Gasteiger partial charge in [-0.25, -0.2) is 0 Å². The SMILES string of the molecule is CC(=N)c1cccc(C(C)=N)c1CCc1ccccc1C(C)C.CCc1ccccc1C(C)C. The van der Waals surface area contributed by atoms with Crippen LogP contribution in [0.1, 0.15) is 99.2 Å². The lowest BCUT2D eigenvalue weighted by atomic mass is 9.89. The number of aryl methyl sites for hydroxylation is 2. The summed E-state index contributed by atoms with van der Waals surface area (Å²) < 4.78 is 0. The second-order valence-corrected chi connectivity index (χ2v) is 9.64. The second-order valence-electron chi connectivity index (χ2n) is 9.64. The standard InChI is InChI=1S/C21H26N2.C11H16/c1-14(2)18-9-6-5-8-17(18)12-13-21-19(15(3)22)10-7-11-20(21)16(4)23;1-4-10-7-5-6-8-11(10)9(2)3/h5-11,14,22-23H,12-13H2,1-4H3;5-9H,4H2,1-3H3. The number of rotatable bonds is 8. The van der Waals surface area contributed by atoms with E-state index in [0.717, 1.165) is 36.0 Å². The van der Waals surface area contributed by atoms with Gasteiger partial charge in [-0.15, -0.1) is 0 Å². The zero-order valence-corrected chi connectivity index (χ0v) is 22.1. The van der Waals surface area contributed by atoms with Crippen LogP contribution in [0.4, 0.5) is 0 Å². The smallest absolute Gasteiger partial charge is 0.0358 e. The molecule has 3 rings (SSSR count). The molecule has 0 aromatic heterocycles. The highest BCUT2D eigenvalue weighted by Crippen LogP contribution is 2.24. The highest BCUT2D eigenvalue weighted by Gasteiger charge is 2.13. The molecular weight excluding hydrogens is 412 g/mol. The quantitative estimate of drug-likeness (QED) is 0.320. The van der Waals surface area contributed by atoms with Crippen molar-refractivity contribution >= 4 is 11.4 Å². The lowest BCUT2D eigenvalue weighted by molar-refractivity contribution is 0.828. The molecule has 2 N–H and O–H groups in total. The van der Waals surface area contributed by atoms with Gasteiger partial charge >= 0.3 is 0 Å². The molecule has 0 aliphatic heterocycles. The molecule has 0 bridgehead atoms. The minimum absolute atomic E-state index is 0.509. The van der Waals surface area contributed by atoms with Crippen molar-refractivity contribution in [3.8, 4) is 0 Å². The van der Waals surface area contributed by atoms with Crippen LogP contribution in [0.25, 0.3) is 0 Å². The average molecular weight is 455 g/mol. The van der Waals surface area contributed by atoms with Crippen LogP contribution in [0.5, 0.6) is 0 Å². The van der Waals surface area contributed by atoms with Crippen LogP contribution in [-0.4, -0.2) is 11.4 Å². The summed E-state index contributed by atoms with van der Waals surface area (Å²) in [5, 5.41) is 16.1. The van der Waals surface area contributed by atoms with Crippen molar-refractivity contribution in [1.29, 1.82) is 10.8 Å². The maximum atomic E-state index is 8.04. The van der Waals surface area contributed by atoms with E-state index in [4.69, 9.17) is 10.8 Å². The first-order valence-corrected chi connectivity index (χ1v) is 12.6. The minimum Gasteiger partial charge on any atom is -0.305 e. The van der Waals surface area contributed by atoms with Crippen molar-refractivity contribution in [1.82, 2.24) is 0 Å². The van der Waals surface area contributed by atoms with Gasteiger partial charge in [-0.2, -0.15) is 0 Å². The fourth-order valence-corrected chi connectivity index (χ4v) is 4.56. The van der Waals surface area contributed by atoms with Gasteiger partial charge in [0.2, 0.25) is 0 Å². The summed E-state index contributed by atoms with van der Waals surface area (Å²) in [5.41, 5.74) is 9.95. The van der Waals surface area contributed by atoms with Gasteiger partial charge in [-0.1, -0.05) is 101 Å². The third-order valence-electron chi connectivity index (χ3n) is 6.36. The molecule has 0 aliphatic carbocycles. The molecule has 0 saturated heterocycles. The maximum absolute atomic E-state index is 8.04. The van der Waals surface area contributed by atoms with Crippen LogP contribution in [0.2, 0.25) is 0 Å². The predicted octanol–water partition coefficient (Wildman–Crippen LogP) is 8.74. The summed E-state index contributed by atoms with van der Waals surface area (Å²) in [7, 11) is 0. The summed E-state index contributed by atoms with van der Waals surface area (Å²) in [4.78, 5) is 0. The first-order valence-electron chi connectivity index (χ1n) is 12.6. The highest BCUT2D eigenvalue weighted by molar-refractivity contribution is 6.03. The van der Waals surface area contributed by atoms with Crippen LogP contribution >= 0.6 is 0 Å². The Morgan fingerprint density at radius 2 is 1.06 bits per heavy atom. The number of hydrogen-bond acceptors (Lipinski definition) is 2. The van der Waals surface area contributed by atoms with Gasteiger partial charge in [0.15, 0.2) is 0 Å². The zero-order chi connectivity index (χ0) is 25.3. The van der Waals surface area contributed by atoms with E-state index >= 15 is 0 Å². The molecule has 0 amide bonds. The minimum atomic E-state index is 0.509. The van der Waals surface area contributed by atoms with Crippen molar-refractivity contribution in [2.75, 3.05) is 0 Å². The lowest BCUT2D eigenvalue weighted by Gasteiger charge is -2.16. The van der Waals surface area contributed by atoms with E-state index in [2.05, 4.69) is 83.1 Å². The van der Waals surface area contributed by atoms with Crippen molar-refractivity contribution in [3.63, 3.8) is 0 Å². The predicted molar refractivity (Wildman–Crippen MR) is 149 cm³/mol. The van der Waals surface area contributed by atoms with Crippen molar-refractivity contribution in [3.05, 3.63) is 106 Å². The van der Waals surface area contributed by atoms with Crippen LogP contribution in [-0.2, 0) is 19.3 Å². The summed E-state index contributed by atoms with van der Waals surface area (Å²) in [6.45, 7) is 14.8. The summed E-state index contributed by atoms with van der Waals surface area (Å²) >= 11 is 0. The largest absolute Gasteiger partial charge is 0.305 e. The molecule has 0 unspecified atom stereocenters. The van der Waals surface area contributed by atoms with Crippen LogP contribution in [0.3, 0.4) is 0 Å². The molecule has 3 aromatic carbocycles. The molecule has 0 aliphatic rings. The molecule has 0 saturated carbocycles. The molecule has 180 valence electrons. The Bertz CT molecular complexity index is 1070. The van der Waals surface area contributed by atoms with Crippen molar-refractivity contribution in [2.24, 2.45) is 0 Å². The van der Waals surface area contributed by atoms with Gasteiger partial charge in [-0.05, 0) is 83.9 Å². The van der Waals surface area contributed by atoms with E-state index in [-0.39, 0.29) is 0 Å². The van der Waals surface area contributed by atoms with Crippen LogP contribution in [0, 0.1) is 10.8 Å². The van der Waals surface area contributed by atoms with E-state index < -0.39 is 0 Å². The molecule has 0 atom stereocenters. The molecule has 34 heavy (non-hydrogen) atoms. The van der Waals surface area contributed by atoms with Gasteiger partial charge in [-0.3, -0.25) is 0 Å². The average Bonchev–Trinajstić information content (AvgIpc) is 2.82. The fourth-order valence-electron chi connectivity index (χ4n) is 4.56. The fraction of sp³-hybridized carbons (Fsp3) is 0.375. The Balaban J connectivity index is 0.000000310. The number of hydrogen-bond donors (Lipinski definition) is 2. The van der Waals surface area contributed by atoms with E-state index in [1.807, 2.05) is 32.0 Å². The molecule has 2 nitrogen and oxygen atoms in total. The van der Waals surface area contributed by atoms with Gasteiger partial charge in [0.1, 0.15) is 0 Å². The van der Waals surface area contributed by atoms with E-state index in [1.165, 1.54) is 22.3 Å². The Hall–Kier alpha value is -3.00. The molecule has 0 heterocycles. The Morgan fingerprint density at radius 3 is 1.47 bits per heavy atom. The van der Waals surface area contributed by atoms with Gasteiger partial charge in [0.05, 0.1) is 0 Å². The summed E-state index contributed by atoms with van der Waals surface area (Å²) in [5.74, 6) is 1.17. The normalized spacial score (nSPS) is 10.7. The van der Waals surface area contributed by atoms with Crippen molar-refractivity contribution in [2.45, 2.75) is 79.6 Å². The molecule has 0 spiro atoms. The topological polar surface area (TPSA) is 47.7 Å². The van der Waals surface area contributed by atoms with Crippen LogP contribution in [0.15, 0.2) is 66.7 Å². The maximum Gasteiger partial charge on any atom is 0.0358 e. The highest BCUT2D eigenvalue weighted by atomic mass is 14.4. The molecule has 3 aromatic rings. The molecule has 0 fully saturated rings. The Kier molecular flexibility index (Phi) is 10.4. The summed E-state index contributed by atoms with van der Waals surface area (Å²) in [6.07, 6.45) is 2.95. The van der Waals surface area contributed by atoms with E-state index in [9.17, 15) is 0 Å². The molecular formula is C32H42N2. The number of benzene rings is 3. The summed E-state index contributed by atoms with van der Waals surface area (Å²) in [6, 6.07) is 23.2. The van der Waals surface area contributed by atoms with E-state index in [1.54, 1.807) is 0 Å². The zero-order valence-electron chi connectivity index (χ0n) is 22.1. The second kappa shape index (κ2) is 13.0. The first kappa shape index (κ1) is 27.2. The van der Waals surface area contributed by atoms with Gasteiger partial charge in [0.25, 0.3) is 0 Å². The number of nitrogens with one attached hydrogen (secondary N) is 2. The Labute approximate surface area is 207 Å². The van der Waals surface area contributed by atoms with Crippen molar-refractivity contribution < 1.29 is 0 Å². The lowest BCUT2D eigenvalue weighted by Crippen LogP contribution is -2.09. The van der Waals surface area contributed by atoms with Gasteiger partial charge < -0.3 is 10.8 Å². The van der Waals surface area contributed by atoms with E-state index in [0.29, 0.717) is 23.3 Å². The monoisotopic (exact) mass is 454 g/mol. The molecule has 0 radical (unpaired) electrons. The first-order chi connectivity index (χ1) is 16.2. The molecule has 2 heteroatoms. The van der Waals surface area contributed by atoms with Crippen LogP contribution < -0.4 is 0 Å².